The van der Waals surface area contributed by atoms with Crippen molar-refractivity contribution in [3.05, 3.63) is 95.2 Å². The van der Waals surface area contributed by atoms with Gasteiger partial charge in [0.05, 0.1) is 5.57 Å². The third-order valence-electron chi connectivity index (χ3n) is 5.62. The molecule has 1 atom stereocenters. The molecule has 2 heterocycles. The standard InChI is InChI=1S/C24H22N6O/c1-16-21(23(31)25-15-14-17-8-3-2-4-9-17)22(30-24(26-16)27-28-29-30)20-13-7-11-18-10-5-6-12-19(18)20/h2-13,22H,14-15H2,1H3,(H,25,31)(H,26,27,29). The van der Waals surface area contributed by atoms with Crippen LogP contribution in [0.15, 0.2) is 84.1 Å². The van der Waals surface area contributed by atoms with Crippen molar-refractivity contribution in [3.63, 3.8) is 0 Å². The molecule has 0 bridgehead atoms. The number of carbonyl (C=O) groups excluding carboxylic acids is 1. The number of nitrogens with zero attached hydrogens (tertiary/aromatic N) is 4. The Morgan fingerprint density at radius 3 is 2.68 bits per heavy atom. The van der Waals surface area contributed by atoms with Gasteiger partial charge in [-0.1, -0.05) is 77.9 Å². The predicted octanol–water partition coefficient (Wildman–Crippen LogP) is 3.47. The molecule has 0 saturated carbocycles. The molecule has 3 aromatic carbocycles. The largest absolute Gasteiger partial charge is 0.352 e. The van der Waals surface area contributed by atoms with Gasteiger partial charge in [0, 0.05) is 12.2 Å². The first-order valence-corrected chi connectivity index (χ1v) is 10.3. The van der Waals surface area contributed by atoms with Gasteiger partial charge in [0.1, 0.15) is 6.04 Å². The molecule has 1 aliphatic heterocycles. The number of amides is 1. The van der Waals surface area contributed by atoms with Gasteiger partial charge in [0.2, 0.25) is 5.95 Å². The predicted molar refractivity (Wildman–Crippen MR) is 119 cm³/mol. The van der Waals surface area contributed by atoms with E-state index in [-0.39, 0.29) is 5.91 Å². The van der Waals surface area contributed by atoms with Gasteiger partial charge in [-0.3, -0.25) is 4.79 Å². The number of tetrazole rings is 1. The van der Waals surface area contributed by atoms with E-state index in [1.807, 2.05) is 49.4 Å². The Morgan fingerprint density at radius 1 is 1.03 bits per heavy atom. The maximum atomic E-state index is 13.4. The molecule has 31 heavy (non-hydrogen) atoms. The summed E-state index contributed by atoms with van der Waals surface area (Å²) in [4.78, 5) is 13.4. The highest BCUT2D eigenvalue weighted by atomic mass is 16.1. The van der Waals surface area contributed by atoms with Crippen molar-refractivity contribution in [3.8, 4) is 0 Å². The van der Waals surface area contributed by atoms with Gasteiger partial charge in [-0.15, -0.1) is 0 Å². The summed E-state index contributed by atoms with van der Waals surface area (Å²) in [7, 11) is 0. The van der Waals surface area contributed by atoms with E-state index in [4.69, 9.17) is 0 Å². The quantitative estimate of drug-likeness (QED) is 0.526. The fourth-order valence-corrected chi connectivity index (χ4v) is 4.14. The van der Waals surface area contributed by atoms with Crippen LogP contribution in [0.4, 0.5) is 5.95 Å². The molecular weight excluding hydrogens is 388 g/mol. The Morgan fingerprint density at radius 2 is 1.81 bits per heavy atom. The van der Waals surface area contributed by atoms with Crippen LogP contribution in [0.5, 0.6) is 0 Å². The number of allylic oxidation sites excluding steroid dienone is 1. The van der Waals surface area contributed by atoms with Gasteiger partial charge in [-0.2, -0.15) is 4.68 Å². The average molecular weight is 410 g/mol. The monoisotopic (exact) mass is 410 g/mol. The second-order valence-corrected chi connectivity index (χ2v) is 7.57. The third-order valence-corrected chi connectivity index (χ3v) is 5.62. The highest BCUT2D eigenvalue weighted by molar-refractivity contribution is 5.98. The minimum absolute atomic E-state index is 0.125. The van der Waals surface area contributed by atoms with Gasteiger partial charge in [-0.25, -0.2) is 0 Å². The minimum Gasteiger partial charge on any atom is -0.352 e. The molecule has 2 N–H and O–H groups in total. The second-order valence-electron chi connectivity index (χ2n) is 7.57. The first-order valence-electron chi connectivity index (χ1n) is 10.3. The van der Waals surface area contributed by atoms with Gasteiger partial charge < -0.3 is 10.6 Å². The minimum atomic E-state index is -0.422. The van der Waals surface area contributed by atoms with Crippen LogP contribution < -0.4 is 10.6 Å². The fraction of sp³-hybridized carbons (Fsp3) is 0.167. The van der Waals surface area contributed by atoms with E-state index in [0.717, 1.165) is 28.5 Å². The number of anilines is 1. The zero-order valence-corrected chi connectivity index (χ0v) is 17.1. The average Bonchev–Trinajstić information content (AvgIpc) is 3.26. The van der Waals surface area contributed by atoms with Crippen LogP contribution >= 0.6 is 0 Å². The van der Waals surface area contributed by atoms with Crippen LogP contribution in [-0.2, 0) is 11.2 Å². The van der Waals surface area contributed by atoms with E-state index in [1.54, 1.807) is 4.68 Å². The summed E-state index contributed by atoms with van der Waals surface area (Å²) in [6, 6.07) is 23.9. The fourth-order valence-electron chi connectivity index (χ4n) is 4.14. The zero-order chi connectivity index (χ0) is 21.2. The molecule has 0 fully saturated rings. The number of rotatable bonds is 5. The number of aromatic nitrogens is 4. The van der Waals surface area contributed by atoms with Crippen molar-refractivity contribution < 1.29 is 4.79 Å². The summed E-state index contributed by atoms with van der Waals surface area (Å²) < 4.78 is 1.68. The van der Waals surface area contributed by atoms with Crippen molar-refractivity contribution in [1.82, 2.24) is 25.5 Å². The number of hydrogen-bond donors (Lipinski definition) is 2. The highest BCUT2D eigenvalue weighted by Crippen LogP contribution is 2.37. The number of nitrogens with one attached hydrogen (secondary N) is 2. The molecule has 154 valence electrons. The SMILES string of the molecule is CC1=C(C(=O)NCCc2ccccc2)C(c2cccc3ccccc23)n2nnnc2N1. The second kappa shape index (κ2) is 8.02. The Hall–Kier alpha value is -4.00. The highest BCUT2D eigenvalue weighted by Gasteiger charge is 2.34. The van der Waals surface area contributed by atoms with Crippen LogP contribution in [-0.4, -0.2) is 32.7 Å². The van der Waals surface area contributed by atoms with Crippen molar-refractivity contribution in [2.45, 2.75) is 19.4 Å². The van der Waals surface area contributed by atoms with Crippen LogP contribution in [0.25, 0.3) is 10.8 Å². The third kappa shape index (κ3) is 3.54. The molecule has 1 aromatic heterocycles. The van der Waals surface area contributed by atoms with Gasteiger partial charge >= 0.3 is 0 Å². The molecule has 7 nitrogen and oxygen atoms in total. The van der Waals surface area contributed by atoms with Crippen LogP contribution in [0.1, 0.15) is 24.1 Å². The summed E-state index contributed by atoms with van der Waals surface area (Å²) in [5.41, 5.74) is 3.53. The summed E-state index contributed by atoms with van der Waals surface area (Å²) in [6.45, 7) is 2.44. The topological polar surface area (TPSA) is 84.7 Å². The van der Waals surface area contributed by atoms with Crippen LogP contribution in [0, 0.1) is 0 Å². The lowest BCUT2D eigenvalue weighted by Crippen LogP contribution is -2.36. The van der Waals surface area contributed by atoms with Crippen molar-refractivity contribution in [2.24, 2.45) is 0 Å². The molecule has 0 aliphatic carbocycles. The van der Waals surface area contributed by atoms with Crippen LogP contribution in [0.3, 0.4) is 0 Å². The molecular formula is C24H22N6O. The van der Waals surface area contributed by atoms with E-state index in [9.17, 15) is 4.79 Å². The number of carbonyl (C=O) groups is 1. The summed E-state index contributed by atoms with van der Waals surface area (Å²) >= 11 is 0. The lowest BCUT2D eigenvalue weighted by molar-refractivity contribution is -0.117. The Bertz CT molecular complexity index is 1270. The summed E-state index contributed by atoms with van der Waals surface area (Å²) in [6.07, 6.45) is 0.765. The van der Waals surface area contributed by atoms with Crippen molar-refractivity contribution in [2.75, 3.05) is 11.9 Å². The molecule has 5 rings (SSSR count). The maximum absolute atomic E-state index is 13.4. The summed E-state index contributed by atoms with van der Waals surface area (Å²) in [5, 5.41) is 20.5. The first-order chi connectivity index (χ1) is 15.2. The Labute approximate surface area is 179 Å². The zero-order valence-electron chi connectivity index (χ0n) is 17.1. The molecule has 1 unspecified atom stereocenters. The number of benzene rings is 3. The molecule has 0 spiro atoms. The molecule has 1 aliphatic rings. The van der Waals surface area contributed by atoms with Gasteiger partial charge in [0.25, 0.3) is 5.91 Å². The lowest BCUT2D eigenvalue weighted by Gasteiger charge is -2.28. The molecule has 4 aromatic rings. The number of fused-ring (bicyclic) bond motifs is 2. The normalized spacial score (nSPS) is 15.5. The lowest BCUT2D eigenvalue weighted by atomic mass is 9.91. The Balaban J connectivity index is 1.51. The molecule has 1 amide bonds. The van der Waals surface area contributed by atoms with Gasteiger partial charge in [-0.05, 0) is 45.7 Å². The van der Waals surface area contributed by atoms with Crippen molar-refractivity contribution in [1.29, 1.82) is 0 Å². The van der Waals surface area contributed by atoms with E-state index in [1.165, 1.54) is 5.56 Å². The first kappa shape index (κ1) is 19.0. The van der Waals surface area contributed by atoms with Gasteiger partial charge in [0.15, 0.2) is 0 Å². The number of hydrogen-bond acceptors (Lipinski definition) is 5. The Kier molecular flexibility index (Phi) is 4.92. The van der Waals surface area contributed by atoms with Crippen molar-refractivity contribution >= 4 is 22.6 Å². The van der Waals surface area contributed by atoms with Crippen LogP contribution in [0.2, 0.25) is 0 Å². The molecule has 7 heteroatoms. The molecule has 0 saturated heterocycles. The van der Waals surface area contributed by atoms with E-state index in [2.05, 4.69) is 56.5 Å². The molecule has 0 radical (unpaired) electrons. The van der Waals surface area contributed by atoms with E-state index in [0.29, 0.717) is 18.1 Å². The van der Waals surface area contributed by atoms with E-state index < -0.39 is 6.04 Å². The smallest absolute Gasteiger partial charge is 0.251 e. The summed E-state index contributed by atoms with van der Waals surface area (Å²) in [5.74, 6) is 0.399. The maximum Gasteiger partial charge on any atom is 0.251 e. The van der Waals surface area contributed by atoms with E-state index >= 15 is 0 Å².